The molecule has 1 rings (SSSR count). The average Bonchev–Trinajstić information content (AvgIpc) is 2.28. The minimum absolute atomic E-state index is 0.184. The van der Waals surface area contributed by atoms with Gasteiger partial charge in [0.05, 0.1) is 17.5 Å². The predicted octanol–water partition coefficient (Wildman–Crippen LogP) is 1.95. The minimum atomic E-state index is -0.485. The van der Waals surface area contributed by atoms with Crippen molar-refractivity contribution in [2.45, 2.75) is 13.8 Å². The summed E-state index contributed by atoms with van der Waals surface area (Å²) in [5.74, 6) is 0.0141. The summed E-state index contributed by atoms with van der Waals surface area (Å²) in [6.07, 6.45) is 0. The van der Waals surface area contributed by atoms with Gasteiger partial charge >= 0.3 is 0 Å². The molecule has 0 heterocycles. The quantitative estimate of drug-likeness (QED) is 0.786. The number of thiocarbonyl (C=S) groups is 1. The van der Waals surface area contributed by atoms with Crippen molar-refractivity contribution in [2.75, 3.05) is 11.9 Å². The van der Waals surface area contributed by atoms with Crippen molar-refractivity contribution in [1.82, 2.24) is 0 Å². The first-order chi connectivity index (χ1) is 8.04. The fraction of sp³-hybridized carbons (Fsp3) is 0.333. The van der Waals surface area contributed by atoms with Gasteiger partial charge in [0, 0.05) is 11.8 Å². The van der Waals surface area contributed by atoms with E-state index in [1.807, 2.05) is 19.1 Å². The van der Waals surface area contributed by atoms with Gasteiger partial charge < -0.3 is 15.8 Å². The van der Waals surface area contributed by atoms with Crippen LogP contribution in [0, 0.1) is 5.92 Å². The molecule has 0 bridgehead atoms. The van der Waals surface area contributed by atoms with Crippen LogP contribution < -0.4 is 15.8 Å². The molecule has 1 atom stereocenters. The van der Waals surface area contributed by atoms with Crippen LogP contribution in [0.1, 0.15) is 13.8 Å². The number of amides is 1. The molecule has 1 aromatic carbocycles. The van der Waals surface area contributed by atoms with Gasteiger partial charge in [-0.25, -0.2) is 0 Å². The zero-order valence-electron chi connectivity index (χ0n) is 9.90. The summed E-state index contributed by atoms with van der Waals surface area (Å²) in [6.45, 7) is 4.16. The van der Waals surface area contributed by atoms with Crippen molar-refractivity contribution < 1.29 is 9.53 Å². The second kappa shape index (κ2) is 6.20. The van der Waals surface area contributed by atoms with E-state index >= 15 is 0 Å². The number of rotatable bonds is 5. The van der Waals surface area contributed by atoms with Crippen LogP contribution in [-0.4, -0.2) is 17.5 Å². The molecular formula is C12H16N2O2S. The van der Waals surface area contributed by atoms with Crippen molar-refractivity contribution in [2.24, 2.45) is 11.7 Å². The third-order valence-electron chi connectivity index (χ3n) is 2.23. The number of hydrogen-bond acceptors (Lipinski definition) is 3. The van der Waals surface area contributed by atoms with E-state index in [4.69, 9.17) is 22.7 Å². The van der Waals surface area contributed by atoms with Crippen molar-refractivity contribution in [3.8, 4) is 5.75 Å². The number of carbonyl (C=O) groups is 1. The molecule has 0 aliphatic carbocycles. The Morgan fingerprint density at radius 3 is 2.88 bits per heavy atom. The predicted molar refractivity (Wildman–Crippen MR) is 72.2 cm³/mol. The Labute approximate surface area is 106 Å². The lowest BCUT2D eigenvalue weighted by atomic mass is 10.1. The molecule has 0 saturated carbocycles. The number of nitrogens with two attached hydrogens (primary N) is 1. The van der Waals surface area contributed by atoms with Gasteiger partial charge in [-0.3, -0.25) is 4.79 Å². The Hall–Kier alpha value is -1.62. The number of carbonyl (C=O) groups excluding carboxylic acids is 1. The smallest absolute Gasteiger partial charge is 0.234 e. The third-order valence-corrected chi connectivity index (χ3v) is 2.59. The summed E-state index contributed by atoms with van der Waals surface area (Å²) in [7, 11) is 0. The first-order valence-corrected chi connectivity index (χ1v) is 5.78. The fourth-order valence-corrected chi connectivity index (χ4v) is 1.32. The SMILES string of the molecule is CCOc1cccc(NC(=O)C(C)C(N)=S)c1. The molecule has 1 unspecified atom stereocenters. The Bertz CT molecular complexity index is 421. The number of nitrogens with one attached hydrogen (secondary N) is 1. The molecule has 0 aliphatic heterocycles. The zero-order chi connectivity index (χ0) is 12.8. The fourth-order valence-electron chi connectivity index (χ4n) is 1.21. The van der Waals surface area contributed by atoms with Crippen LogP contribution in [0.3, 0.4) is 0 Å². The topological polar surface area (TPSA) is 64.3 Å². The molecule has 0 fully saturated rings. The van der Waals surface area contributed by atoms with E-state index in [0.717, 1.165) is 0 Å². The van der Waals surface area contributed by atoms with Crippen molar-refractivity contribution in [3.63, 3.8) is 0 Å². The Kier molecular flexibility index (Phi) is 4.90. The van der Waals surface area contributed by atoms with Crippen molar-refractivity contribution in [3.05, 3.63) is 24.3 Å². The number of ether oxygens (including phenoxy) is 1. The highest BCUT2D eigenvalue weighted by Crippen LogP contribution is 2.17. The number of hydrogen-bond donors (Lipinski definition) is 2. The van der Waals surface area contributed by atoms with Gasteiger partial charge in [-0.2, -0.15) is 0 Å². The first-order valence-electron chi connectivity index (χ1n) is 5.37. The van der Waals surface area contributed by atoms with Gasteiger partial charge in [-0.05, 0) is 26.0 Å². The summed E-state index contributed by atoms with van der Waals surface area (Å²) in [5, 5.41) is 2.74. The molecule has 0 spiro atoms. The highest BCUT2D eigenvalue weighted by molar-refractivity contribution is 7.80. The summed E-state index contributed by atoms with van der Waals surface area (Å²) in [4.78, 5) is 11.9. The van der Waals surface area contributed by atoms with Crippen LogP contribution in [-0.2, 0) is 4.79 Å². The largest absolute Gasteiger partial charge is 0.494 e. The van der Waals surface area contributed by atoms with Gasteiger partial charge in [0.1, 0.15) is 5.75 Å². The zero-order valence-corrected chi connectivity index (χ0v) is 10.7. The maximum atomic E-state index is 11.7. The molecule has 0 saturated heterocycles. The molecule has 1 amide bonds. The molecule has 1 aromatic rings. The third kappa shape index (κ3) is 4.03. The van der Waals surface area contributed by atoms with E-state index in [0.29, 0.717) is 18.0 Å². The standard InChI is InChI=1S/C12H16N2O2S/c1-3-16-10-6-4-5-9(7-10)14-12(15)8(2)11(13)17/h4-8H,3H2,1-2H3,(H2,13,17)(H,14,15). The van der Waals surface area contributed by atoms with E-state index in [1.54, 1.807) is 19.1 Å². The first kappa shape index (κ1) is 13.4. The van der Waals surface area contributed by atoms with Crippen LogP contribution in [0.5, 0.6) is 5.75 Å². The summed E-state index contributed by atoms with van der Waals surface area (Å²) < 4.78 is 5.33. The monoisotopic (exact) mass is 252 g/mol. The molecule has 4 nitrogen and oxygen atoms in total. The lowest BCUT2D eigenvalue weighted by Gasteiger charge is -2.11. The van der Waals surface area contributed by atoms with Gasteiger partial charge in [0.25, 0.3) is 0 Å². The van der Waals surface area contributed by atoms with Crippen LogP contribution in [0.15, 0.2) is 24.3 Å². The highest BCUT2D eigenvalue weighted by atomic mass is 32.1. The second-order valence-corrected chi connectivity index (χ2v) is 4.05. The summed E-state index contributed by atoms with van der Waals surface area (Å²) in [6, 6.07) is 7.18. The molecule has 0 radical (unpaired) electrons. The molecule has 17 heavy (non-hydrogen) atoms. The van der Waals surface area contributed by atoms with Crippen molar-refractivity contribution >= 4 is 28.8 Å². The summed E-state index contributed by atoms with van der Waals surface area (Å²) >= 11 is 4.77. The van der Waals surface area contributed by atoms with Gasteiger partial charge in [0.2, 0.25) is 5.91 Å². The minimum Gasteiger partial charge on any atom is -0.494 e. The summed E-state index contributed by atoms with van der Waals surface area (Å²) in [5.41, 5.74) is 6.08. The van der Waals surface area contributed by atoms with Crippen LogP contribution in [0.25, 0.3) is 0 Å². The molecular weight excluding hydrogens is 236 g/mol. The maximum Gasteiger partial charge on any atom is 0.234 e. The lowest BCUT2D eigenvalue weighted by molar-refractivity contribution is -0.117. The average molecular weight is 252 g/mol. The van der Waals surface area contributed by atoms with Crippen molar-refractivity contribution in [1.29, 1.82) is 0 Å². The molecule has 0 aliphatic rings. The van der Waals surface area contributed by atoms with E-state index in [9.17, 15) is 4.79 Å². The van der Waals surface area contributed by atoms with Crippen LogP contribution in [0.4, 0.5) is 5.69 Å². The lowest BCUT2D eigenvalue weighted by Crippen LogP contribution is -2.30. The number of anilines is 1. The molecule has 3 N–H and O–H groups in total. The Morgan fingerprint density at radius 1 is 1.59 bits per heavy atom. The number of benzene rings is 1. The van der Waals surface area contributed by atoms with Gasteiger partial charge in [-0.1, -0.05) is 18.3 Å². The van der Waals surface area contributed by atoms with E-state index in [1.165, 1.54) is 0 Å². The van der Waals surface area contributed by atoms with E-state index in [2.05, 4.69) is 5.32 Å². The van der Waals surface area contributed by atoms with E-state index < -0.39 is 5.92 Å². The van der Waals surface area contributed by atoms with Gasteiger partial charge in [0.15, 0.2) is 0 Å². The van der Waals surface area contributed by atoms with E-state index in [-0.39, 0.29) is 10.9 Å². The van der Waals surface area contributed by atoms with Crippen LogP contribution in [0.2, 0.25) is 0 Å². The maximum absolute atomic E-state index is 11.7. The molecule has 0 aromatic heterocycles. The molecule has 92 valence electrons. The Balaban J connectivity index is 2.71. The van der Waals surface area contributed by atoms with Gasteiger partial charge in [-0.15, -0.1) is 0 Å². The highest BCUT2D eigenvalue weighted by Gasteiger charge is 2.15. The van der Waals surface area contributed by atoms with Crippen LogP contribution >= 0.6 is 12.2 Å². The Morgan fingerprint density at radius 2 is 2.29 bits per heavy atom. The normalized spacial score (nSPS) is 11.6. The second-order valence-electron chi connectivity index (χ2n) is 3.57. The molecule has 5 heteroatoms.